The fraction of sp³-hybridized carbons (Fsp3) is 0.290. The molecule has 0 spiro atoms. The first-order valence-electron chi connectivity index (χ1n) is 13.3. The SMILES string of the molecule is CC(=O)NCCCc1ccc(-c2ccc(-c3cc(C(=O)NOC4CCCCO4)c4cnccc4n3)cc2)cc1. The molecule has 0 aliphatic carbocycles. The largest absolute Gasteiger partial charge is 0.356 e. The number of ether oxygens (including phenoxy) is 1. The molecule has 8 nitrogen and oxygen atoms in total. The lowest BCUT2D eigenvalue weighted by molar-refractivity contribution is -0.186. The number of pyridine rings is 2. The van der Waals surface area contributed by atoms with Crippen LogP contribution in [-0.2, 0) is 20.8 Å². The number of nitrogens with zero attached hydrogens (tertiary/aromatic N) is 2. The highest BCUT2D eigenvalue weighted by molar-refractivity contribution is 6.06. The first-order chi connectivity index (χ1) is 19.1. The predicted molar refractivity (Wildman–Crippen MR) is 150 cm³/mol. The van der Waals surface area contributed by atoms with Crippen molar-refractivity contribution in [2.24, 2.45) is 0 Å². The molecule has 5 rings (SSSR count). The molecule has 2 N–H and O–H groups in total. The normalized spacial score (nSPS) is 15.2. The highest BCUT2D eigenvalue weighted by Crippen LogP contribution is 2.28. The number of benzene rings is 2. The Balaban J connectivity index is 1.31. The van der Waals surface area contributed by atoms with Crippen molar-refractivity contribution >= 4 is 22.7 Å². The van der Waals surface area contributed by atoms with Gasteiger partial charge in [0.1, 0.15) is 0 Å². The Morgan fingerprint density at radius 3 is 2.46 bits per heavy atom. The third kappa shape index (κ3) is 6.85. The summed E-state index contributed by atoms with van der Waals surface area (Å²) in [5.74, 6) is -0.359. The first kappa shape index (κ1) is 26.5. The minimum Gasteiger partial charge on any atom is -0.356 e. The van der Waals surface area contributed by atoms with Gasteiger partial charge >= 0.3 is 0 Å². The first-order valence-corrected chi connectivity index (χ1v) is 13.3. The number of amides is 2. The van der Waals surface area contributed by atoms with Gasteiger partial charge in [0.15, 0.2) is 6.29 Å². The van der Waals surface area contributed by atoms with Crippen LogP contribution in [0, 0.1) is 0 Å². The van der Waals surface area contributed by atoms with Gasteiger partial charge in [0, 0.05) is 49.8 Å². The van der Waals surface area contributed by atoms with Crippen molar-refractivity contribution in [1.82, 2.24) is 20.8 Å². The van der Waals surface area contributed by atoms with Gasteiger partial charge in [-0.15, -0.1) is 0 Å². The minimum atomic E-state index is -0.432. The fourth-order valence-corrected chi connectivity index (χ4v) is 4.64. The summed E-state index contributed by atoms with van der Waals surface area (Å²) in [6, 6.07) is 20.2. The van der Waals surface area contributed by atoms with Crippen LogP contribution >= 0.6 is 0 Å². The molecule has 1 saturated heterocycles. The topological polar surface area (TPSA) is 102 Å². The molecular weight excluding hydrogens is 492 g/mol. The third-order valence-corrected chi connectivity index (χ3v) is 6.76. The number of hydroxylamine groups is 1. The van der Waals surface area contributed by atoms with Crippen LogP contribution in [0.2, 0.25) is 0 Å². The zero-order valence-corrected chi connectivity index (χ0v) is 22.0. The van der Waals surface area contributed by atoms with E-state index in [1.165, 1.54) is 12.5 Å². The quantitative estimate of drug-likeness (QED) is 0.230. The molecule has 8 heteroatoms. The third-order valence-electron chi connectivity index (χ3n) is 6.76. The Hall–Kier alpha value is -4.14. The second-order valence-electron chi connectivity index (χ2n) is 9.65. The summed E-state index contributed by atoms with van der Waals surface area (Å²) in [6.45, 7) is 2.85. The van der Waals surface area contributed by atoms with Gasteiger partial charge in [0.25, 0.3) is 5.91 Å². The molecule has 2 amide bonds. The lowest BCUT2D eigenvalue weighted by Gasteiger charge is -2.22. The summed E-state index contributed by atoms with van der Waals surface area (Å²) >= 11 is 0. The molecular formula is C31H32N4O4. The van der Waals surface area contributed by atoms with Crippen molar-refractivity contribution in [3.8, 4) is 22.4 Å². The maximum atomic E-state index is 13.1. The predicted octanol–water partition coefficient (Wildman–Crippen LogP) is 5.22. The zero-order valence-electron chi connectivity index (χ0n) is 22.0. The van der Waals surface area contributed by atoms with Crippen LogP contribution in [0.3, 0.4) is 0 Å². The van der Waals surface area contributed by atoms with Crippen molar-refractivity contribution in [1.29, 1.82) is 0 Å². The molecule has 1 aliphatic rings. The second kappa shape index (κ2) is 12.6. The number of aryl methyl sites for hydroxylation is 1. The second-order valence-corrected chi connectivity index (χ2v) is 9.65. The molecule has 1 aliphatic heterocycles. The highest BCUT2D eigenvalue weighted by atomic mass is 16.8. The number of aromatic nitrogens is 2. The van der Waals surface area contributed by atoms with Crippen LogP contribution in [0.5, 0.6) is 0 Å². The van der Waals surface area contributed by atoms with Crippen LogP contribution in [0.4, 0.5) is 0 Å². The molecule has 39 heavy (non-hydrogen) atoms. The number of fused-ring (bicyclic) bond motifs is 1. The molecule has 1 fully saturated rings. The summed E-state index contributed by atoms with van der Waals surface area (Å²) in [4.78, 5) is 38.6. The zero-order chi connectivity index (χ0) is 27.0. The summed E-state index contributed by atoms with van der Waals surface area (Å²) in [5, 5.41) is 3.48. The van der Waals surface area contributed by atoms with E-state index >= 15 is 0 Å². The van der Waals surface area contributed by atoms with E-state index in [-0.39, 0.29) is 11.8 Å². The molecule has 0 bridgehead atoms. The van der Waals surface area contributed by atoms with E-state index < -0.39 is 6.29 Å². The molecule has 2 aromatic carbocycles. The van der Waals surface area contributed by atoms with Gasteiger partial charge in [-0.1, -0.05) is 48.5 Å². The number of carbonyl (C=O) groups is 2. The Kier molecular flexibility index (Phi) is 8.55. The van der Waals surface area contributed by atoms with Crippen molar-refractivity contribution in [2.45, 2.75) is 45.3 Å². The van der Waals surface area contributed by atoms with Gasteiger partial charge < -0.3 is 10.1 Å². The standard InChI is InChI=1S/C31H32N4O4/c1-21(36)33-16-4-5-22-7-9-23(10-8-22)24-11-13-25(14-12-24)29-19-26(27-20-32-17-15-28(27)34-29)31(37)35-39-30-6-2-3-18-38-30/h7-15,17,19-20,30H,2-6,16,18H2,1H3,(H,33,36)(H,35,37). The van der Waals surface area contributed by atoms with E-state index in [0.717, 1.165) is 48.8 Å². The average molecular weight is 525 g/mol. The molecule has 0 saturated carbocycles. The molecule has 3 heterocycles. The summed E-state index contributed by atoms with van der Waals surface area (Å²) < 4.78 is 5.55. The monoisotopic (exact) mass is 524 g/mol. The van der Waals surface area contributed by atoms with Crippen LogP contribution < -0.4 is 10.8 Å². The molecule has 1 atom stereocenters. The summed E-state index contributed by atoms with van der Waals surface area (Å²) in [6.07, 6.45) is 7.46. The Bertz CT molecular complexity index is 1430. The van der Waals surface area contributed by atoms with Gasteiger partial charge in [-0.25, -0.2) is 15.3 Å². The van der Waals surface area contributed by atoms with Crippen LogP contribution in [-0.4, -0.2) is 41.2 Å². The van der Waals surface area contributed by atoms with E-state index in [1.54, 1.807) is 24.5 Å². The Morgan fingerprint density at radius 2 is 1.74 bits per heavy atom. The number of rotatable bonds is 9. The molecule has 2 aromatic heterocycles. The number of carbonyl (C=O) groups excluding carboxylic acids is 2. The molecule has 4 aromatic rings. The van der Waals surface area contributed by atoms with E-state index in [0.29, 0.717) is 35.3 Å². The molecule has 1 unspecified atom stereocenters. The number of hydrogen-bond donors (Lipinski definition) is 2. The van der Waals surface area contributed by atoms with Crippen LogP contribution in [0.1, 0.15) is 48.5 Å². The smallest absolute Gasteiger partial charge is 0.275 e. The van der Waals surface area contributed by atoms with E-state index in [9.17, 15) is 9.59 Å². The minimum absolute atomic E-state index is 0.00274. The van der Waals surface area contributed by atoms with E-state index in [1.807, 2.05) is 12.1 Å². The van der Waals surface area contributed by atoms with Gasteiger partial charge in [0.2, 0.25) is 5.91 Å². The lowest BCUT2D eigenvalue weighted by atomic mass is 9.99. The van der Waals surface area contributed by atoms with Crippen molar-refractivity contribution in [3.05, 3.63) is 84.2 Å². The van der Waals surface area contributed by atoms with Gasteiger partial charge in [-0.2, -0.15) is 0 Å². The fourth-order valence-electron chi connectivity index (χ4n) is 4.64. The van der Waals surface area contributed by atoms with Crippen molar-refractivity contribution in [2.75, 3.05) is 13.2 Å². The van der Waals surface area contributed by atoms with Gasteiger partial charge in [-0.3, -0.25) is 14.6 Å². The Labute approximate surface area is 227 Å². The molecule has 0 radical (unpaired) electrons. The average Bonchev–Trinajstić information content (AvgIpc) is 2.98. The van der Waals surface area contributed by atoms with Crippen LogP contribution in [0.15, 0.2) is 73.1 Å². The summed E-state index contributed by atoms with van der Waals surface area (Å²) in [5.41, 5.74) is 8.71. The van der Waals surface area contributed by atoms with Gasteiger partial charge in [-0.05, 0) is 54.5 Å². The highest BCUT2D eigenvalue weighted by Gasteiger charge is 2.19. The number of hydrogen-bond acceptors (Lipinski definition) is 6. The molecule has 200 valence electrons. The number of nitrogens with one attached hydrogen (secondary N) is 2. The summed E-state index contributed by atoms with van der Waals surface area (Å²) in [7, 11) is 0. The lowest BCUT2D eigenvalue weighted by Crippen LogP contribution is -2.33. The Morgan fingerprint density at radius 1 is 1.00 bits per heavy atom. The van der Waals surface area contributed by atoms with Gasteiger partial charge in [0.05, 0.1) is 16.8 Å². The van der Waals surface area contributed by atoms with Crippen molar-refractivity contribution < 1.29 is 19.2 Å². The van der Waals surface area contributed by atoms with Crippen molar-refractivity contribution in [3.63, 3.8) is 0 Å². The maximum Gasteiger partial charge on any atom is 0.275 e. The van der Waals surface area contributed by atoms with E-state index in [4.69, 9.17) is 14.6 Å². The van der Waals surface area contributed by atoms with Crippen LogP contribution in [0.25, 0.3) is 33.3 Å². The van der Waals surface area contributed by atoms with E-state index in [2.05, 4.69) is 52.2 Å². The maximum absolute atomic E-state index is 13.1.